The third-order valence-corrected chi connectivity index (χ3v) is 0.944. The lowest BCUT2D eigenvalue weighted by atomic mass is 10.4. The van der Waals surface area contributed by atoms with Gasteiger partial charge in [0.2, 0.25) is 12.6 Å². The van der Waals surface area contributed by atoms with Gasteiger partial charge < -0.3 is 9.47 Å². The van der Waals surface area contributed by atoms with Crippen molar-refractivity contribution >= 4 is 5.97 Å². The molecule has 0 spiro atoms. The molecule has 0 saturated carbocycles. The summed E-state index contributed by atoms with van der Waals surface area (Å²) >= 11 is 0. The van der Waals surface area contributed by atoms with Gasteiger partial charge in [-0.3, -0.25) is 0 Å². The van der Waals surface area contributed by atoms with Gasteiger partial charge in [-0.2, -0.15) is 13.2 Å². The molecular formula is C5H3F3O3. The summed E-state index contributed by atoms with van der Waals surface area (Å²) < 4.78 is 43.2. The predicted molar refractivity (Wildman–Crippen MR) is 26.2 cm³/mol. The third kappa shape index (κ3) is 1.86. The van der Waals surface area contributed by atoms with Crippen LogP contribution in [0.3, 0.4) is 0 Å². The van der Waals surface area contributed by atoms with Crippen LogP contribution in [0.25, 0.3) is 0 Å². The quantitative estimate of drug-likeness (QED) is 0.505. The number of esters is 1. The van der Waals surface area contributed by atoms with Gasteiger partial charge in [0.1, 0.15) is 0 Å². The monoisotopic (exact) mass is 168 g/mol. The molecule has 0 radical (unpaired) electrons. The topological polar surface area (TPSA) is 35.5 Å². The van der Waals surface area contributed by atoms with Crippen molar-refractivity contribution in [2.24, 2.45) is 0 Å². The van der Waals surface area contributed by atoms with Crippen LogP contribution in [0, 0.1) is 0 Å². The number of hydrogen-bond acceptors (Lipinski definition) is 3. The summed E-state index contributed by atoms with van der Waals surface area (Å²) in [6.45, 7) is -0.676. The molecule has 0 fully saturated rings. The Morgan fingerprint density at radius 3 is 2.36 bits per heavy atom. The van der Waals surface area contributed by atoms with Crippen molar-refractivity contribution in [3.63, 3.8) is 0 Å². The lowest BCUT2D eigenvalue weighted by Gasteiger charge is -2.16. The zero-order valence-corrected chi connectivity index (χ0v) is 5.14. The minimum Gasteiger partial charge on any atom is -0.452 e. The van der Waals surface area contributed by atoms with E-state index in [1.165, 1.54) is 0 Å². The molecule has 0 aromatic rings. The SMILES string of the molecule is O=C1C=C(C(F)(F)F)OCO1. The lowest BCUT2D eigenvalue weighted by molar-refractivity contribution is -0.175. The van der Waals surface area contributed by atoms with E-state index in [0.717, 1.165) is 0 Å². The molecule has 62 valence electrons. The number of alkyl halides is 3. The van der Waals surface area contributed by atoms with Crippen LogP contribution in [0.1, 0.15) is 0 Å². The zero-order valence-electron chi connectivity index (χ0n) is 5.14. The maximum Gasteiger partial charge on any atom is 0.449 e. The molecule has 1 aliphatic rings. The predicted octanol–water partition coefficient (Wildman–Crippen LogP) is 0.963. The molecule has 1 aliphatic heterocycles. The van der Waals surface area contributed by atoms with E-state index < -0.39 is 24.7 Å². The largest absolute Gasteiger partial charge is 0.452 e. The van der Waals surface area contributed by atoms with Crippen molar-refractivity contribution in [1.29, 1.82) is 0 Å². The summed E-state index contributed by atoms with van der Waals surface area (Å²) in [6.07, 6.45) is -4.34. The van der Waals surface area contributed by atoms with Crippen molar-refractivity contribution in [3.05, 3.63) is 11.8 Å². The summed E-state index contributed by atoms with van der Waals surface area (Å²) in [7, 11) is 0. The van der Waals surface area contributed by atoms with E-state index in [-0.39, 0.29) is 6.08 Å². The average molecular weight is 168 g/mol. The Hall–Kier alpha value is -1.20. The lowest BCUT2D eigenvalue weighted by Crippen LogP contribution is -2.23. The van der Waals surface area contributed by atoms with Crippen molar-refractivity contribution in [1.82, 2.24) is 0 Å². The van der Waals surface area contributed by atoms with Crippen LogP contribution in [0.4, 0.5) is 13.2 Å². The van der Waals surface area contributed by atoms with E-state index in [2.05, 4.69) is 9.47 Å². The van der Waals surface area contributed by atoms with Gasteiger partial charge in [0.25, 0.3) is 0 Å². The van der Waals surface area contributed by atoms with Crippen LogP contribution >= 0.6 is 0 Å². The van der Waals surface area contributed by atoms with E-state index in [1.54, 1.807) is 0 Å². The Kier molecular flexibility index (Phi) is 1.76. The maximum absolute atomic E-state index is 11.7. The fourth-order valence-electron chi connectivity index (χ4n) is 0.505. The molecule has 3 nitrogen and oxygen atoms in total. The number of cyclic esters (lactones) is 1. The molecule has 0 aromatic heterocycles. The minimum absolute atomic E-state index is 0.267. The van der Waals surface area contributed by atoms with Crippen LogP contribution in [0.2, 0.25) is 0 Å². The third-order valence-electron chi connectivity index (χ3n) is 0.944. The van der Waals surface area contributed by atoms with Gasteiger partial charge in [0.05, 0.1) is 6.08 Å². The van der Waals surface area contributed by atoms with E-state index in [1.807, 2.05) is 0 Å². The second kappa shape index (κ2) is 2.44. The van der Waals surface area contributed by atoms with Crippen LogP contribution in [-0.2, 0) is 14.3 Å². The molecule has 6 heteroatoms. The Balaban J connectivity index is 2.79. The van der Waals surface area contributed by atoms with Crippen molar-refractivity contribution in [2.75, 3.05) is 6.79 Å². The summed E-state index contributed by atoms with van der Waals surface area (Å²) in [6, 6.07) is 0. The van der Waals surface area contributed by atoms with Gasteiger partial charge in [-0.15, -0.1) is 0 Å². The van der Waals surface area contributed by atoms with Gasteiger partial charge in [-0.05, 0) is 0 Å². The Bertz CT molecular complexity index is 206. The van der Waals surface area contributed by atoms with E-state index >= 15 is 0 Å². The molecule has 0 amide bonds. The van der Waals surface area contributed by atoms with Crippen LogP contribution < -0.4 is 0 Å². The summed E-state index contributed by atoms with van der Waals surface area (Å²) in [5.74, 6) is -2.35. The summed E-state index contributed by atoms with van der Waals surface area (Å²) in [5.41, 5.74) is 0. The fraction of sp³-hybridized carbons (Fsp3) is 0.400. The highest BCUT2D eigenvalue weighted by Crippen LogP contribution is 2.27. The first-order valence-electron chi connectivity index (χ1n) is 2.58. The molecule has 0 saturated heterocycles. The molecule has 0 aliphatic carbocycles. The standard InChI is InChI=1S/C5H3F3O3/c6-5(7,8)3-1-4(9)11-2-10-3/h1H,2H2. The number of hydrogen-bond donors (Lipinski definition) is 0. The van der Waals surface area contributed by atoms with Gasteiger partial charge in [-0.25, -0.2) is 4.79 Å². The first-order valence-corrected chi connectivity index (χ1v) is 2.58. The van der Waals surface area contributed by atoms with Gasteiger partial charge >= 0.3 is 12.1 Å². The Morgan fingerprint density at radius 1 is 1.36 bits per heavy atom. The van der Waals surface area contributed by atoms with E-state index in [4.69, 9.17) is 0 Å². The van der Waals surface area contributed by atoms with E-state index in [0.29, 0.717) is 0 Å². The number of carbonyl (C=O) groups is 1. The van der Waals surface area contributed by atoms with Gasteiger partial charge in [0, 0.05) is 0 Å². The summed E-state index contributed by atoms with van der Waals surface area (Å²) in [4.78, 5) is 10.2. The first-order chi connectivity index (χ1) is 5.00. The molecular weight excluding hydrogens is 165 g/mol. The molecule has 1 heterocycles. The second-order valence-electron chi connectivity index (χ2n) is 1.73. The molecule has 0 atom stereocenters. The molecule has 1 rings (SSSR count). The second-order valence-corrected chi connectivity index (χ2v) is 1.73. The average Bonchev–Trinajstić information content (AvgIpc) is 1.86. The van der Waals surface area contributed by atoms with E-state index in [9.17, 15) is 18.0 Å². The number of carbonyl (C=O) groups excluding carboxylic acids is 1. The first kappa shape index (κ1) is 7.90. The highest BCUT2D eigenvalue weighted by molar-refractivity contribution is 5.83. The minimum atomic E-state index is -4.61. The van der Waals surface area contributed by atoms with Crippen LogP contribution in [0.15, 0.2) is 11.8 Å². The Labute approximate surface area is 59.4 Å². The van der Waals surface area contributed by atoms with Crippen LogP contribution in [0.5, 0.6) is 0 Å². The summed E-state index contributed by atoms with van der Waals surface area (Å²) in [5, 5.41) is 0. The molecule has 0 bridgehead atoms. The number of rotatable bonds is 0. The normalized spacial score (nSPS) is 18.5. The molecule has 0 N–H and O–H groups in total. The molecule has 0 unspecified atom stereocenters. The highest BCUT2D eigenvalue weighted by atomic mass is 19.4. The Morgan fingerprint density at radius 2 is 2.00 bits per heavy atom. The zero-order chi connectivity index (χ0) is 8.48. The van der Waals surface area contributed by atoms with Gasteiger partial charge in [-0.1, -0.05) is 0 Å². The number of allylic oxidation sites excluding steroid dienone is 1. The number of halogens is 3. The molecule has 11 heavy (non-hydrogen) atoms. The van der Waals surface area contributed by atoms with Crippen molar-refractivity contribution in [3.8, 4) is 0 Å². The maximum atomic E-state index is 11.7. The van der Waals surface area contributed by atoms with Crippen molar-refractivity contribution in [2.45, 2.75) is 6.18 Å². The number of ether oxygens (including phenoxy) is 2. The molecule has 0 aromatic carbocycles. The smallest absolute Gasteiger partial charge is 0.449 e. The van der Waals surface area contributed by atoms with Crippen molar-refractivity contribution < 1.29 is 27.4 Å². The van der Waals surface area contributed by atoms with Gasteiger partial charge in [0.15, 0.2) is 0 Å². The highest BCUT2D eigenvalue weighted by Gasteiger charge is 2.38. The van der Waals surface area contributed by atoms with Crippen LogP contribution in [-0.4, -0.2) is 18.9 Å². The fourth-order valence-corrected chi connectivity index (χ4v) is 0.505.